The van der Waals surface area contributed by atoms with Crippen molar-refractivity contribution in [2.24, 2.45) is 5.73 Å². The minimum atomic E-state index is -0.845. The Hall–Kier alpha value is -2.91. The van der Waals surface area contributed by atoms with Crippen LogP contribution in [0, 0.1) is 17.5 Å². The molecule has 0 radical (unpaired) electrons. The lowest BCUT2D eigenvalue weighted by Crippen LogP contribution is -2.23. The fourth-order valence-electron chi connectivity index (χ4n) is 4.03. The molecule has 6 nitrogen and oxygen atoms in total. The van der Waals surface area contributed by atoms with Gasteiger partial charge in [0, 0.05) is 37.0 Å². The molecule has 9 heteroatoms. The Morgan fingerprint density at radius 3 is 2.79 bits per heavy atom. The Kier molecular flexibility index (Phi) is 3.72. The number of H-pyrrole nitrogens is 1. The van der Waals surface area contributed by atoms with Gasteiger partial charge in [-0.25, -0.2) is 18.6 Å². The van der Waals surface area contributed by atoms with E-state index in [2.05, 4.69) is 20.6 Å². The molecule has 144 valence electrons. The SMILES string of the molecule is CN1C=C(c2n[nH]c3cnc(-c4c(F)cc5c(c4F)C(N)CC5)c(F)c23)CN1. The van der Waals surface area contributed by atoms with Crippen LogP contribution in [0.5, 0.6) is 0 Å². The Morgan fingerprint density at radius 2 is 2.04 bits per heavy atom. The lowest BCUT2D eigenvalue weighted by Gasteiger charge is -2.13. The molecule has 2 aromatic heterocycles. The summed E-state index contributed by atoms with van der Waals surface area (Å²) in [5, 5.41) is 8.79. The van der Waals surface area contributed by atoms with Crippen LogP contribution < -0.4 is 11.2 Å². The van der Waals surface area contributed by atoms with Gasteiger partial charge in [0.05, 0.1) is 22.7 Å². The van der Waals surface area contributed by atoms with Crippen molar-refractivity contribution in [3.63, 3.8) is 0 Å². The maximum atomic E-state index is 15.5. The third-order valence-corrected chi connectivity index (χ3v) is 5.39. The molecule has 5 rings (SSSR count). The quantitative estimate of drug-likeness (QED) is 0.631. The highest BCUT2D eigenvalue weighted by molar-refractivity contribution is 5.93. The fraction of sp³-hybridized carbons (Fsp3) is 0.263. The Bertz CT molecular complexity index is 1150. The molecule has 0 spiro atoms. The van der Waals surface area contributed by atoms with Crippen LogP contribution in [0.4, 0.5) is 13.2 Å². The van der Waals surface area contributed by atoms with Gasteiger partial charge < -0.3 is 10.7 Å². The summed E-state index contributed by atoms with van der Waals surface area (Å²) in [4.78, 5) is 3.99. The number of nitrogens with two attached hydrogens (primary N) is 1. The van der Waals surface area contributed by atoms with Gasteiger partial charge in [-0.1, -0.05) is 0 Å². The second-order valence-corrected chi connectivity index (χ2v) is 7.15. The van der Waals surface area contributed by atoms with E-state index in [1.54, 1.807) is 11.2 Å². The maximum absolute atomic E-state index is 15.5. The highest BCUT2D eigenvalue weighted by Gasteiger charge is 2.31. The van der Waals surface area contributed by atoms with Gasteiger partial charge in [-0.3, -0.25) is 10.1 Å². The molecule has 0 saturated carbocycles. The lowest BCUT2D eigenvalue weighted by atomic mass is 9.99. The number of pyridine rings is 1. The van der Waals surface area contributed by atoms with E-state index < -0.39 is 29.1 Å². The van der Waals surface area contributed by atoms with E-state index in [4.69, 9.17) is 5.73 Å². The van der Waals surface area contributed by atoms with Crippen molar-refractivity contribution in [2.45, 2.75) is 18.9 Å². The highest BCUT2D eigenvalue weighted by atomic mass is 19.1. The molecular weight excluding hydrogens is 369 g/mol. The zero-order chi connectivity index (χ0) is 19.6. The number of fused-ring (bicyclic) bond motifs is 2. The predicted octanol–water partition coefficient (Wildman–Crippen LogP) is 2.78. The molecule has 0 amide bonds. The Balaban J connectivity index is 1.75. The second kappa shape index (κ2) is 6.05. The van der Waals surface area contributed by atoms with E-state index in [1.165, 1.54) is 12.3 Å². The first kappa shape index (κ1) is 17.2. The summed E-state index contributed by atoms with van der Waals surface area (Å²) in [6, 6.07) is 0.705. The fourth-order valence-corrected chi connectivity index (χ4v) is 4.03. The van der Waals surface area contributed by atoms with Crippen molar-refractivity contribution >= 4 is 16.5 Å². The minimum absolute atomic E-state index is 0.150. The first-order valence-electron chi connectivity index (χ1n) is 8.92. The van der Waals surface area contributed by atoms with Crippen LogP contribution in [0.2, 0.25) is 0 Å². The Labute approximate surface area is 158 Å². The van der Waals surface area contributed by atoms with Crippen LogP contribution in [0.3, 0.4) is 0 Å². The zero-order valence-electron chi connectivity index (χ0n) is 15.0. The average molecular weight is 386 g/mol. The number of hydrogen-bond acceptors (Lipinski definition) is 5. The highest BCUT2D eigenvalue weighted by Crippen LogP contribution is 2.40. The molecule has 3 heterocycles. The van der Waals surface area contributed by atoms with E-state index >= 15 is 8.78 Å². The van der Waals surface area contributed by atoms with Gasteiger partial charge in [0.25, 0.3) is 0 Å². The van der Waals surface area contributed by atoms with Crippen molar-refractivity contribution in [1.29, 1.82) is 0 Å². The third-order valence-electron chi connectivity index (χ3n) is 5.39. The number of nitrogens with zero attached hydrogens (tertiary/aromatic N) is 3. The average Bonchev–Trinajstić information content (AvgIpc) is 3.35. The van der Waals surface area contributed by atoms with Crippen LogP contribution in [-0.2, 0) is 6.42 Å². The molecular formula is C19H17F3N6. The van der Waals surface area contributed by atoms with Gasteiger partial charge in [-0.2, -0.15) is 5.10 Å². The number of aromatic nitrogens is 3. The first-order chi connectivity index (χ1) is 13.5. The van der Waals surface area contributed by atoms with Gasteiger partial charge in [0.1, 0.15) is 23.0 Å². The van der Waals surface area contributed by atoms with Gasteiger partial charge in [0.2, 0.25) is 0 Å². The summed E-state index contributed by atoms with van der Waals surface area (Å²) in [7, 11) is 1.81. The number of nitrogens with one attached hydrogen (secondary N) is 2. The van der Waals surface area contributed by atoms with Crippen molar-refractivity contribution < 1.29 is 13.2 Å². The van der Waals surface area contributed by atoms with Crippen LogP contribution in [0.1, 0.15) is 29.3 Å². The Morgan fingerprint density at radius 1 is 1.21 bits per heavy atom. The van der Waals surface area contributed by atoms with E-state index in [0.29, 0.717) is 36.2 Å². The van der Waals surface area contributed by atoms with Crippen LogP contribution in [0.25, 0.3) is 27.7 Å². The summed E-state index contributed by atoms with van der Waals surface area (Å²) in [6.45, 7) is 0.462. The van der Waals surface area contributed by atoms with Crippen molar-refractivity contribution in [1.82, 2.24) is 25.6 Å². The molecule has 1 unspecified atom stereocenters. The summed E-state index contributed by atoms with van der Waals surface area (Å²) in [5.74, 6) is -2.50. The van der Waals surface area contributed by atoms with Crippen LogP contribution in [-0.4, -0.2) is 33.8 Å². The maximum Gasteiger partial charge on any atom is 0.161 e. The number of halogens is 3. The number of benzene rings is 1. The molecule has 0 bridgehead atoms. The lowest BCUT2D eigenvalue weighted by molar-refractivity contribution is 0.374. The second-order valence-electron chi connectivity index (χ2n) is 7.15. The molecule has 1 aliphatic carbocycles. The van der Waals surface area contributed by atoms with E-state index in [9.17, 15) is 4.39 Å². The van der Waals surface area contributed by atoms with E-state index in [0.717, 1.165) is 5.57 Å². The molecule has 3 aromatic rings. The molecule has 1 atom stereocenters. The summed E-state index contributed by atoms with van der Waals surface area (Å²) >= 11 is 0. The largest absolute Gasteiger partial charge is 0.324 e. The van der Waals surface area contributed by atoms with Gasteiger partial charge >= 0.3 is 0 Å². The number of aryl methyl sites for hydroxylation is 1. The smallest absolute Gasteiger partial charge is 0.161 e. The van der Waals surface area contributed by atoms with Crippen LogP contribution >= 0.6 is 0 Å². The van der Waals surface area contributed by atoms with Crippen LogP contribution in [0.15, 0.2) is 18.5 Å². The molecule has 0 saturated heterocycles. The summed E-state index contributed by atoms with van der Waals surface area (Å²) in [5.41, 5.74) is 10.4. The summed E-state index contributed by atoms with van der Waals surface area (Å²) in [6.07, 6.45) is 4.15. The van der Waals surface area contributed by atoms with Crippen molar-refractivity contribution in [3.8, 4) is 11.3 Å². The molecule has 1 aromatic carbocycles. The van der Waals surface area contributed by atoms with Gasteiger partial charge in [-0.05, 0) is 24.5 Å². The number of aromatic amines is 1. The predicted molar refractivity (Wildman–Crippen MR) is 98.2 cm³/mol. The number of rotatable bonds is 2. The van der Waals surface area contributed by atoms with E-state index in [1.807, 2.05) is 7.05 Å². The van der Waals surface area contributed by atoms with Crippen molar-refractivity contribution in [3.05, 3.63) is 52.7 Å². The normalized spacial score (nSPS) is 18.8. The van der Waals surface area contributed by atoms with Crippen molar-refractivity contribution in [2.75, 3.05) is 13.6 Å². The first-order valence-corrected chi connectivity index (χ1v) is 8.92. The zero-order valence-corrected chi connectivity index (χ0v) is 15.0. The molecule has 0 fully saturated rings. The summed E-state index contributed by atoms with van der Waals surface area (Å²) < 4.78 is 45.3. The third kappa shape index (κ3) is 2.36. The van der Waals surface area contributed by atoms with E-state index in [-0.39, 0.29) is 16.6 Å². The molecule has 28 heavy (non-hydrogen) atoms. The van der Waals surface area contributed by atoms with Gasteiger partial charge in [0.15, 0.2) is 5.82 Å². The molecule has 1 aliphatic heterocycles. The number of hydrogen-bond donors (Lipinski definition) is 3. The standard InChI is InChI=1S/C19H17F3N6/c1-28-7-9(5-25-28)18-15-12(26-27-18)6-24-19(17(15)22)14-10(20)4-8-2-3-11(23)13(8)16(14)21/h4,6-7,11,25H,2-3,5,23H2,1H3,(H,26,27). The van der Waals surface area contributed by atoms with Gasteiger partial charge in [-0.15, -0.1) is 0 Å². The number of hydrazine groups is 1. The topological polar surface area (TPSA) is 82.9 Å². The monoisotopic (exact) mass is 386 g/mol. The minimum Gasteiger partial charge on any atom is -0.324 e. The molecule has 4 N–H and O–H groups in total. The molecule has 2 aliphatic rings.